The molecule has 0 aliphatic carbocycles. The summed E-state index contributed by atoms with van der Waals surface area (Å²) >= 11 is 9.49. The Morgan fingerprint density at radius 1 is 1.40 bits per heavy atom. The van der Waals surface area contributed by atoms with Gasteiger partial charge < -0.3 is 5.32 Å². The van der Waals surface area contributed by atoms with Gasteiger partial charge in [-0.1, -0.05) is 23.7 Å². The molecule has 1 aromatic carbocycles. The standard InChI is InChI=1S/C16H14BrClFN5O/c1-9-13(17)14(21-23(9)2)16(25)20-15-12(18)8-24(22-15)7-10-4-3-5-11(19)6-10/h3-6,8H,7H2,1-2H3,(H,20,22,25). The Balaban J connectivity index is 1.78. The van der Waals surface area contributed by atoms with Crippen LogP contribution >= 0.6 is 27.5 Å². The second-order valence-corrected chi connectivity index (χ2v) is 6.68. The predicted molar refractivity (Wildman–Crippen MR) is 96.3 cm³/mol. The number of carbonyl (C=O) groups is 1. The largest absolute Gasteiger partial charge is 0.302 e. The molecule has 0 spiro atoms. The summed E-state index contributed by atoms with van der Waals surface area (Å²) in [4.78, 5) is 12.4. The van der Waals surface area contributed by atoms with Crippen molar-refractivity contribution in [1.29, 1.82) is 0 Å². The number of amides is 1. The Morgan fingerprint density at radius 2 is 2.16 bits per heavy atom. The number of nitrogens with one attached hydrogen (secondary N) is 1. The van der Waals surface area contributed by atoms with Crippen LogP contribution in [-0.2, 0) is 13.6 Å². The molecule has 3 rings (SSSR count). The normalized spacial score (nSPS) is 10.9. The molecule has 0 aliphatic heterocycles. The van der Waals surface area contributed by atoms with E-state index in [1.54, 1.807) is 30.1 Å². The zero-order valence-corrected chi connectivity index (χ0v) is 15.8. The molecule has 130 valence electrons. The molecule has 0 fully saturated rings. The minimum absolute atomic E-state index is 0.221. The fourth-order valence-corrected chi connectivity index (χ4v) is 2.99. The van der Waals surface area contributed by atoms with E-state index in [0.717, 1.165) is 11.3 Å². The van der Waals surface area contributed by atoms with E-state index in [9.17, 15) is 9.18 Å². The molecule has 2 heterocycles. The number of rotatable bonds is 4. The van der Waals surface area contributed by atoms with Crippen molar-refractivity contribution in [3.63, 3.8) is 0 Å². The maximum Gasteiger partial charge on any atom is 0.278 e. The molecular formula is C16H14BrClFN5O. The molecule has 9 heteroatoms. The van der Waals surface area contributed by atoms with Gasteiger partial charge in [0.05, 0.1) is 16.7 Å². The van der Waals surface area contributed by atoms with E-state index >= 15 is 0 Å². The number of nitrogens with zero attached hydrogens (tertiary/aromatic N) is 4. The van der Waals surface area contributed by atoms with Gasteiger partial charge in [0, 0.05) is 13.2 Å². The Hall–Kier alpha value is -2.19. The summed E-state index contributed by atoms with van der Waals surface area (Å²) in [6, 6.07) is 6.20. The molecule has 1 amide bonds. The first-order valence-electron chi connectivity index (χ1n) is 7.33. The van der Waals surface area contributed by atoms with E-state index in [4.69, 9.17) is 11.6 Å². The summed E-state index contributed by atoms with van der Waals surface area (Å²) in [6.07, 6.45) is 1.57. The van der Waals surface area contributed by atoms with Gasteiger partial charge in [-0.15, -0.1) is 0 Å². The lowest BCUT2D eigenvalue weighted by Gasteiger charge is -2.02. The monoisotopic (exact) mass is 425 g/mol. The van der Waals surface area contributed by atoms with Crippen molar-refractivity contribution >= 4 is 39.3 Å². The van der Waals surface area contributed by atoms with Crippen LogP contribution in [0.15, 0.2) is 34.9 Å². The number of aromatic nitrogens is 4. The van der Waals surface area contributed by atoms with E-state index < -0.39 is 5.91 Å². The zero-order valence-electron chi connectivity index (χ0n) is 13.4. The van der Waals surface area contributed by atoms with Crippen LogP contribution < -0.4 is 5.32 Å². The summed E-state index contributed by atoms with van der Waals surface area (Å²) < 4.78 is 17.0. The van der Waals surface area contributed by atoms with Crippen LogP contribution in [-0.4, -0.2) is 25.5 Å². The minimum atomic E-state index is -0.423. The molecule has 3 aromatic rings. The highest BCUT2D eigenvalue weighted by atomic mass is 79.9. The van der Waals surface area contributed by atoms with Gasteiger partial charge in [-0.3, -0.25) is 14.2 Å². The average Bonchev–Trinajstić information content (AvgIpc) is 3.02. The lowest BCUT2D eigenvalue weighted by Crippen LogP contribution is -2.14. The lowest BCUT2D eigenvalue weighted by molar-refractivity contribution is 0.102. The summed E-state index contributed by atoms with van der Waals surface area (Å²) in [5.41, 5.74) is 1.81. The van der Waals surface area contributed by atoms with Gasteiger partial charge in [0.25, 0.3) is 5.91 Å². The lowest BCUT2D eigenvalue weighted by atomic mass is 10.2. The van der Waals surface area contributed by atoms with Crippen molar-refractivity contribution in [3.05, 3.63) is 62.7 Å². The molecule has 6 nitrogen and oxygen atoms in total. The van der Waals surface area contributed by atoms with Gasteiger partial charge in [-0.2, -0.15) is 10.2 Å². The topological polar surface area (TPSA) is 64.7 Å². The first-order valence-corrected chi connectivity index (χ1v) is 8.50. The molecule has 0 saturated carbocycles. The number of carbonyl (C=O) groups excluding carboxylic acids is 1. The van der Waals surface area contributed by atoms with E-state index in [-0.39, 0.29) is 22.4 Å². The quantitative estimate of drug-likeness (QED) is 0.690. The average molecular weight is 427 g/mol. The van der Waals surface area contributed by atoms with E-state index in [1.807, 2.05) is 6.92 Å². The van der Waals surface area contributed by atoms with Crippen LogP contribution in [0.4, 0.5) is 10.2 Å². The third kappa shape index (κ3) is 3.74. The number of hydrogen-bond donors (Lipinski definition) is 1. The van der Waals surface area contributed by atoms with E-state index in [0.29, 0.717) is 11.0 Å². The molecule has 25 heavy (non-hydrogen) atoms. The Kier molecular flexibility index (Phi) is 4.91. The van der Waals surface area contributed by atoms with Crippen molar-refractivity contribution in [2.75, 3.05) is 5.32 Å². The maximum atomic E-state index is 13.3. The number of benzene rings is 1. The van der Waals surface area contributed by atoms with Crippen molar-refractivity contribution in [2.45, 2.75) is 13.5 Å². The highest BCUT2D eigenvalue weighted by molar-refractivity contribution is 9.10. The van der Waals surface area contributed by atoms with Crippen molar-refractivity contribution in [1.82, 2.24) is 19.6 Å². The second-order valence-electron chi connectivity index (χ2n) is 5.48. The number of halogens is 3. The fourth-order valence-electron chi connectivity index (χ4n) is 2.28. The molecule has 0 saturated heterocycles. The minimum Gasteiger partial charge on any atom is -0.302 e. The highest BCUT2D eigenvalue weighted by Crippen LogP contribution is 2.24. The highest BCUT2D eigenvalue weighted by Gasteiger charge is 2.20. The van der Waals surface area contributed by atoms with Crippen LogP contribution in [0, 0.1) is 12.7 Å². The Morgan fingerprint density at radius 3 is 2.80 bits per heavy atom. The van der Waals surface area contributed by atoms with Crippen LogP contribution in [0.2, 0.25) is 5.02 Å². The van der Waals surface area contributed by atoms with Gasteiger partial charge in [-0.05, 0) is 40.5 Å². The predicted octanol–water partition coefficient (Wildman–Crippen LogP) is 3.78. The molecule has 0 atom stereocenters. The maximum absolute atomic E-state index is 13.3. The van der Waals surface area contributed by atoms with Crippen LogP contribution in [0.25, 0.3) is 0 Å². The van der Waals surface area contributed by atoms with Crippen molar-refractivity contribution in [2.24, 2.45) is 7.05 Å². The van der Waals surface area contributed by atoms with E-state index in [1.165, 1.54) is 16.8 Å². The second kappa shape index (κ2) is 6.97. The fraction of sp³-hybridized carbons (Fsp3) is 0.188. The Labute approximate surface area is 156 Å². The molecule has 2 aromatic heterocycles. The molecule has 0 aliphatic rings. The molecular weight excluding hydrogens is 413 g/mol. The summed E-state index contributed by atoms with van der Waals surface area (Å²) in [7, 11) is 1.75. The van der Waals surface area contributed by atoms with Gasteiger partial charge in [0.15, 0.2) is 11.5 Å². The SMILES string of the molecule is Cc1c(Br)c(C(=O)Nc2nn(Cc3cccc(F)c3)cc2Cl)nn1C. The number of hydrogen-bond acceptors (Lipinski definition) is 3. The van der Waals surface area contributed by atoms with Crippen molar-refractivity contribution in [3.8, 4) is 0 Å². The van der Waals surface area contributed by atoms with Crippen molar-refractivity contribution < 1.29 is 9.18 Å². The zero-order chi connectivity index (χ0) is 18.1. The molecule has 0 radical (unpaired) electrons. The molecule has 1 N–H and O–H groups in total. The first kappa shape index (κ1) is 17.6. The van der Waals surface area contributed by atoms with Crippen LogP contribution in [0.5, 0.6) is 0 Å². The van der Waals surface area contributed by atoms with Gasteiger partial charge >= 0.3 is 0 Å². The smallest absolute Gasteiger partial charge is 0.278 e. The summed E-state index contributed by atoms with van der Waals surface area (Å²) in [5, 5.41) is 11.3. The van der Waals surface area contributed by atoms with Crippen LogP contribution in [0.3, 0.4) is 0 Å². The number of anilines is 1. The Bertz CT molecular complexity index is 952. The third-order valence-corrected chi connectivity index (χ3v) is 4.88. The van der Waals surface area contributed by atoms with Gasteiger partial charge in [0.1, 0.15) is 10.8 Å². The van der Waals surface area contributed by atoms with E-state index in [2.05, 4.69) is 31.4 Å². The third-order valence-electron chi connectivity index (χ3n) is 3.66. The summed E-state index contributed by atoms with van der Waals surface area (Å²) in [5.74, 6) is -0.522. The van der Waals surface area contributed by atoms with Crippen LogP contribution in [0.1, 0.15) is 21.7 Å². The first-order chi connectivity index (χ1) is 11.8. The summed E-state index contributed by atoms with van der Waals surface area (Å²) in [6.45, 7) is 2.17. The number of aryl methyl sites for hydroxylation is 1. The van der Waals surface area contributed by atoms with Gasteiger partial charge in [0.2, 0.25) is 0 Å². The molecule has 0 bridgehead atoms. The van der Waals surface area contributed by atoms with Gasteiger partial charge in [-0.25, -0.2) is 4.39 Å². The molecule has 0 unspecified atom stereocenters.